The van der Waals surface area contributed by atoms with Crippen LogP contribution in [-0.2, 0) is 10.0 Å². The summed E-state index contributed by atoms with van der Waals surface area (Å²) in [5, 5.41) is 8.00. The predicted molar refractivity (Wildman–Crippen MR) is 77.5 cm³/mol. The summed E-state index contributed by atoms with van der Waals surface area (Å²) in [5.41, 5.74) is 0.757. The van der Waals surface area contributed by atoms with Crippen LogP contribution in [0.5, 0.6) is 0 Å². The van der Waals surface area contributed by atoms with E-state index < -0.39 is 10.0 Å². The molecule has 2 aliphatic rings. The predicted octanol–water partition coefficient (Wildman–Crippen LogP) is 2.00. The Balaban J connectivity index is 1.43. The minimum Gasteiger partial charge on any atom is -0.472 e. The monoisotopic (exact) mass is 323 g/mol. The lowest BCUT2D eigenvalue weighted by Gasteiger charge is -2.29. The van der Waals surface area contributed by atoms with Crippen LogP contribution in [0, 0.1) is 0 Å². The van der Waals surface area contributed by atoms with Crippen molar-refractivity contribution in [2.75, 3.05) is 13.1 Å². The van der Waals surface area contributed by atoms with E-state index in [1.807, 2.05) is 0 Å². The zero-order valence-corrected chi connectivity index (χ0v) is 12.8. The maximum Gasteiger partial charge on any atom is 0.250 e. The fraction of sp³-hybridized carbons (Fsp3) is 0.571. The van der Waals surface area contributed by atoms with Crippen molar-refractivity contribution in [2.45, 2.75) is 36.9 Å². The maximum atomic E-state index is 12.2. The standard InChI is InChI=1S/C14H17N3O4S/c18-22(19,12-1-2-12)17-6-3-10(4-7-17)13-15-16-14(21-13)11-5-8-20-9-11/h5,8-10,12H,1-4,6-7H2. The highest BCUT2D eigenvalue weighted by Crippen LogP contribution is 2.35. The third kappa shape index (κ3) is 2.46. The van der Waals surface area contributed by atoms with E-state index >= 15 is 0 Å². The topological polar surface area (TPSA) is 89.4 Å². The van der Waals surface area contributed by atoms with Crippen molar-refractivity contribution < 1.29 is 17.3 Å². The van der Waals surface area contributed by atoms with Gasteiger partial charge in [0.15, 0.2) is 0 Å². The first-order chi connectivity index (χ1) is 10.6. The van der Waals surface area contributed by atoms with Gasteiger partial charge in [-0.2, -0.15) is 0 Å². The summed E-state index contributed by atoms with van der Waals surface area (Å²) in [6.07, 6.45) is 6.17. The van der Waals surface area contributed by atoms with Gasteiger partial charge in [-0.25, -0.2) is 12.7 Å². The van der Waals surface area contributed by atoms with Crippen LogP contribution in [0.2, 0.25) is 0 Å². The van der Waals surface area contributed by atoms with Gasteiger partial charge in [-0.3, -0.25) is 0 Å². The number of furan rings is 1. The third-order valence-corrected chi connectivity index (χ3v) is 6.72. The maximum absolute atomic E-state index is 12.2. The molecule has 0 amide bonds. The van der Waals surface area contributed by atoms with Crippen molar-refractivity contribution in [1.29, 1.82) is 0 Å². The molecule has 0 atom stereocenters. The molecule has 22 heavy (non-hydrogen) atoms. The average molecular weight is 323 g/mol. The van der Waals surface area contributed by atoms with Crippen LogP contribution in [0.1, 0.15) is 37.5 Å². The van der Waals surface area contributed by atoms with Gasteiger partial charge in [-0.1, -0.05) is 0 Å². The smallest absolute Gasteiger partial charge is 0.250 e. The van der Waals surface area contributed by atoms with E-state index in [9.17, 15) is 8.42 Å². The average Bonchev–Trinajstić information content (AvgIpc) is 3.06. The van der Waals surface area contributed by atoms with E-state index in [1.54, 1.807) is 22.9 Å². The number of piperidine rings is 1. The van der Waals surface area contributed by atoms with Crippen LogP contribution >= 0.6 is 0 Å². The van der Waals surface area contributed by atoms with Crippen molar-refractivity contribution >= 4 is 10.0 Å². The Morgan fingerprint density at radius 1 is 1.14 bits per heavy atom. The van der Waals surface area contributed by atoms with E-state index in [4.69, 9.17) is 8.83 Å². The Labute approximate surface area is 128 Å². The molecule has 3 heterocycles. The second-order valence-corrected chi connectivity index (χ2v) is 8.09. The molecule has 1 aliphatic carbocycles. The number of nitrogens with zero attached hydrogens (tertiary/aromatic N) is 3. The van der Waals surface area contributed by atoms with Crippen LogP contribution in [-0.4, -0.2) is 41.3 Å². The van der Waals surface area contributed by atoms with Gasteiger partial charge in [0.25, 0.3) is 5.89 Å². The summed E-state index contributed by atoms with van der Waals surface area (Å²) in [4.78, 5) is 0. The van der Waals surface area contributed by atoms with Crippen molar-refractivity contribution in [3.05, 3.63) is 24.5 Å². The minimum absolute atomic E-state index is 0.124. The van der Waals surface area contributed by atoms with Crippen LogP contribution in [0.3, 0.4) is 0 Å². The van der Waals surface area contributed by atoms with Crippen LogP contribution < -0.4 is 0 Å². The van der Waals surface area contributed by atoms with E-state index in [0.29, 0.717) is 24.9 Å². The lowest BCUT2D eigenvalue weighted by atomic mass is 9.98. The first kappa shape index (κ1) is 14.0. The quantitative estimate of drug-likeness (QED) is 0.855. The van der Waals surface area contributed by atoms with Gasteiger partial charge >= 0.3 is 0 Å². The Morgan fingerprint density at radius 3 is 2.55 bits per heavy atom. The summed E-state index contributed by atoms with van der Waals surface area (Å²) in [6, 6.07) is 1.77. The molecule has 0 radical (unpaired) electrons. The van der Waals surface area contributed by atoms with Crippen molar-refractivity contribution in [2.24, 2.45) is 0 Å². The molecular weight excluding hydrogens is 306 g/mol. The van der Waals surface area contributed by atoms with E-state index in [1.165, 1.54) is 0 Å². The summed E-state index contributed by atoms with van der Waals surface area (Å²) < 4.78 is 36.7. The Bertz CT molecular complexity index is 741. The largest absolute Gasteiger partial charge is 0.472 e. The molecule has 7 nitrogen and oxygen atoms in total. The summed E-state index contributed by atoms with van der Waals surface area (Å²) in [5.74, 6) is 1.15. The minimum atomic E-state index is -3.07. The summed E-state index contributed by atoms with van der Waals surface area (Å²) >= 11 is 0. The summed E-state index contributed by atoms with van der Waals surface area (Å²) in [7, 11) is -3.07. The van der Waals surface area contributed by atoms with E-state index in [2.05, 4.69) is 10.2 Å². The fourth-order valence-electron chi connectivity index (χ4n) is 2.84. The Morgan fingerprint density at radius 2 is 1.91 bits per heavy atom. The van der Waals surface area contributed by atoms with Gasteiger partial charge in [-0.05, 0) is 31.7 Å². The molecule has 0 unspecified atom stereocenters. The van der Waals surface area contributed by atoms with Gasteiger partial charge in [0, 0.05) is 19.0 Å². The Kier molecular flexibility index (Phi) is 3.30. The van der Waals surface area contributed by atoms with Crippen molar-refractivity contribution in [1.82, 2.24) is 14.5 Å². The second-order valence-electron chi connectivity index (χ2n) is 5.88. The van der Waals surface area contributed by atoms with E-state index in [0.717, 1.165) is 31.2 Å². The molecule has 0 bridgehead atoms. The van der Waals surface area contributed by atoms with Gasteiger partial charge in [0.05, 0.1) is 17.1 Å². The highest BCUT2D eigenvalue weighted by Gasteiger charge is 2.41. The number of rotatable bonds is 4. The highest BCUT2D eigenvalue weighted by molar-refractivity contribution is 7.90. The number of aromatic nitrogens is 2. The SMILES string of the molecule is O=S(=O)(C1CC1)N1CCC(c2nnc(-c3ccoc3)o2)CC1. The molecule has 1 saturated carbocycles. The zero-order chi connectivity index (χ0) is 15.2. The molecule has 1 aliphatic heterocycles. The Hall–Kier alpha value is -1.67. The molecule has 8 heteroatoms. The molecule has 2 aromatic heterocycles. The van der Waals surface area contributed by atoms with Crippen molar-refractivity contribution in [3.63, 3.8) is 0 Å². The van der Waals surface area contributed by atoms with Gasteiger partial charge < -0.3 is 8.83 Å². The molecule has 0 aromatic carbocycles. The second kappa shape index (κ2) is 5.20. The fourth-order valence-corrected chi connectivity index (χ4v) is 4.71. The molecule has 0 spiro atoms. The van der Waals surface area contributed by atoms with E-state index in [-0.39, 0.29) is 11.2 Å². The molecule has 118 valence electrons. The normalized spacial score (nSPS) is 21.3. The molecular formula is C14H17N3O4S. The third-order valence-electron chi connectivity index (χ3n) is 4.32. The van der Waals surface area contributed by atoms with Gasteiger partial charge in [0.1, 0.15) is 6.26 Å². The lowest BCUT2D eigenvalue weighted by molar-refractivity contribution is 0.291. The number of hydrogen-bond acceptors (Lipinski definition) is 6. The molecule has 2 fully saturated rings. The van der Waals surface area contributed by atoms with Crippen LogP contribution in [0.25, 0.3) is 11.5 Å². The zero-order valence-electron chi connectivity index (χ0n) is 12.0. The lowest BCUT2D eigenvalue weighted by Crippen LogP contribution is -2.39. The molecule has 1 saturated heterocycles. The van der Waals surface area contributed by atoms with Crippen LogP contribution in [0.15, 0.2) is 27.4 Å². The first-order valence-corrected chi connectivity index (χ1v) is 9.00. The molecule has 0 N–H and O–H groups in total. The molecule has 4 rings (SSSR count). The highest BCUT2D eigenvalue weighted by atomic mass is 32.2. The van der Waals surface area contributed by atoms with Crippen LogP contribution in [0.4, 0.5) is 0 Å². The van der Waals surface area contributed by atoms with Gasteiger partial charge in [0.2, 0.25) is 15.9 Å². The number of hydrogen-bond donors (Lipinski definition) is 0. The number of sulfonamides is 1. The first-order valence-electron chi connectivity index (χ1n) is 7.49. The summed E-state index contributed by atoms with van der Waals surface area (Å²) in [6.45, 7) is 1.07. The van der Waals surface area contributed by atoms with Crippen molar-refractivity contribution in [3.8, 4) is 11.5 Å². The van der Waals surface area contributed by atoms with Gasteiger partial charge in [-0.15, -0.1) is 10.2 Å². The molecule has 2 aromatic rings.